The van der Waals surface area contributed by atoms with Crippen molar-refractivity contribution in [3.05, 3.63) is 71.8 Å². The lowest BCUT2D eigenvalue weighted by Crippen LogP contribution is -2.53. The number of alkyl carbamates (subject to hydrolysis) is 1. The highest BCUT2D eigenvalue weighted by molar-refractivity contribution is 7.98. The number of carbonyl (C=O) groups excluding carboxylic acids is 3. The van der Waals surface area contributed by atoms with Gasteiger partial charge in [-0.15, -0.1) is 0 Å². The highest BCUT2D eigenvalue weighted by Gasteiger charge is 2.44. The molecule has 4 rings (SSSR count). The Hall–Kier alpha value is -3.72. The molecule has 0 aromatic heterocycles. The maximum Gasteiger partial charge on any atom is 0.408 e. The molecule has 3 amide bonds. The summed E-state index contributed by atoms with van der Waals surface area (Å²) in [5.41, 5.74) is 1.07. The number of nitrogens with zero attached hydrogens (tertiary/aromatic N) is 1. The van der Waals surface area contributed by atoms with E-state index in [1.165, 1.54) is 0 Å². The number of aromatic hydroxyl groups is 1. The third kappa shape index (κ3) is 7.94. The van der Waals surface area contributed by atoms with Crippen LogP contribution in [0.15, 0.2) is 60.7 Å². The summed E-state index contributed by atoms with van der Waals surface area (Å²) in [7, 11) is 0. The molecule has 0 radical (unpaired) electrons. The summed E-state index contributed by atoms with van der Waals surface area (Å²) in [5.74, 6) is 0.0382. The van der Waals surface area contributed by atoms with Crippen LogP contribution >= 0.6 is 11.8 Å². The first-order valence-electron chi connectivity index (χ1n) is 13.9. The van der Waals surface area contributed by atoms with Gasteiger partial charge in [-0.25, -0.2) is 4.79 Å². The molecule has 41 heavy (non-hydrogen) atoms. The number of amides is 3. The van der Waals surface area contributed by atoms with Crippen LogP contribution in [0.5, 0.6) is 5.75 Å². The molecule has 218 valence electrons. The van der Waals surface area contributed by atoms with Crippen molar-refractivity contribution in [3.63, 3.8) is 0 Å². The highest BCUT2D eigenvalue weighted by Crippen LogP contribution is 2.37. The summed E-state index contributed by atoms with van der Waals surface area (Å²) in [5, 5.41) is 18.0. The Morgan fingerprint density at radius 2 is 1.76 bits per heavy atom. The summed E-state index contributed by atoms with van der Waals surface area (Å²) >= 11 is 1.57. The van der Waals surface area contributed by atoms with E-state index in [-0.39, 0.29) is 23.6 Å². The van der Waals surface area contributed by atoms with Crippen molar-refractivity contribution < 1.29 is 24.2 Å². The Morgan fingerprint density at radius 1 is 1.05 bits per heavy atom. The van der Waals surface area contributed by atoms with E-state index < -0.39 is 23.8 Å². The van der Waals surface area contributed by atoms with Crippen LogP contribution in [0, 0.1) is 6.92 Å². The standard InChI is InChI=1S/C32H39N3O5S/c1-20-18-23(11-15-27(20)36)28(29(37)33-24-12-10-21-8-6-7-9-22(21)19-24)35(25-13-14-25)30(38)26(16-17-41-5)34-31(39)40-32(2,3)4/h6-12,15,18-19,25-26,28,36H,13-14,16-17H2,1-5H3,(H,33,37)(H,34,39). The first kappa shape index (κ1) is 30.2. The Balaban J connectivity index is 1.70. The number of phenolic OH excluding ortho intramolecular Hbond substituents is 1. The number of anilines is 1. The number of hydrogen-bond acceptors (Lipinski definition) is 6. The molecule has 1 saturated carbocycles. The minimum atomic E-state index is -0.974. The number of nitrogens with one attached hydrogen (secondary N) is 2. The minimum Gasteiger partial charge on any atom is -0.508 e. The largest absolute Gasteiger partial charge is 0.508 e. The topological polar surface area (TPSA) is 108 Å². The zero-order valence-electron chi connectivity index (χ0n) is 24.3. The van der Waals surface area contributed by atoms with E-state index in [1.54, 1.807) is 62.6 Å². The predicted octanol–water partition coefficient (Wildman–Crippen LogP) is 6.17. The van der Waals surface area contributed by atoms with Crippen molar-refractivity contribution in [2.24, 2.45) is 0 Å². The number of hydrogen-bond donors (Lipinski definition) is 3. The number of rotatable bonds is 10. The molecule has 0 saturated heterocycles. The van der Waals surface area contributed by atoms with E-state index in [9.17, 15) is 19.5 Å². The second kappa shape index (κ2) is 12.9. The highest BCUT2D eigenvalue weighted by atomic mass is 32.2. The molecule has 1 fully saturated rings. The molecule has 0 bridgehead atoms. The molecule has 1 aliphatic carbocycles. The van der Waals surface area contributed by atoms with Gasteiger partial charge in [0.1, 0.15) is 23.4 Å². The van der Waals surface area contributed by atoms with Crippen LogP contribution in [0.25, 0.3) is 10.8 Å². The van der Waals surface area contributed by atoms with Crippen LogP contribution in [0.4, 0.5) is 10.5 Å². The number of ether oxygens (including phenoxy) is 1. The molecule has 2 atom stereocenters. The molecular weight excluding hydrogens is 538 g/mol. The first-order chi connectivity index (χ1) is 19.5. The van der Waals surface area contributed by atoms with Gasteiger partial charge in [-0.3, -0.25) is 9.59 Å². The Morgan fingerprint density at radius 3 is 2.39 bits per heavy atom. The van der Waals surface area contributed by atoms with Crippen LogP contribution in [-0.2, 0) is 14.3 Å². The smallest absolute Gasteiger partial charge is 0.408 e. The van der Waals surface area contributed by atoms with Gasteiger partial charge in [0.05, 0.1) is 0 Å². The van der Waals surface area contributed by atoms with Crippen LogP contribution in [0.2, 0.25) is 0 Å². The van der Waals surface area contributed by atoms with Gasteiger partial charge in [0.15, 0.2) is 0 Å². The summed E-state index contributed by atoms with van der Waals surface area (Å²) in [4.78, 5) is 42.7. The SMILES string of the molecule is CSCCC(NC(=O)OC(C)(C)C)C(=O)N(C1CC1)C(C(=O)Nc1ccc2ccccc2c1)c1ccc(O)c(C)c1. The number of thioether (sulfide) groups is 1. The summed E-state index contributed by atoms with van der Waals surface area (Å²) < 4.78 is 5.46. The van der Waals surface area contributed by atoms with E-state index in [2.05, 4.69) is 10.6 Å². The van der Waals surface area contributed by atoms with Crippen LogP contribution in [-0.4, -0.2) is 57.6 Å². The number of aryl methyl sites for hydroxylation is 1. The molecule has 3 aromatic rings. The molecular formula is C32H39N3O5S. The predicted molar refractivity (Wildman–Crippen MR) is 164 cm³/mol. The normalized spacial score (nSPS) is 14.7. The molecule has 2 unspecified atom stereocenters. The monoisotopic (exact) mass is 577 g/mol. The number of carbonyl (C=O) groups is 3. The van der Waals surface area contributed by atoms with Crippen LogP contribution in [0.1, 0.15) is 57.2 Å². The van der Waals surface area contributed by atoms with E-state index >= 15 is 0 Å². The van der Waals surface area contributed by atoms with Crippen molar-refractivity contribution in [3.8, 4) is 5.75 Å². The molecule has 0 spiro atoms. The first-order valence-corrected chi connectivity index (χ1v) is 15.3. The van der Waals surface area contributed by atoms with Gasteiger partial charge in [-0.2, -0.15) is 11.8 Å². The fourth-order valence-electron chi connectivity index (χ4n) is 4.76. The zero-order valence-corrected chi connectivity index (χ0v) is 25.1. The molecule has 3 N–H and O–H groups in total. The van der Waals surface area contributed by atoms with Gasteiger partial charge < -0.3 is 25.4 Å². The van der Waals surface area contributed by atoms with Crippen molar-refractivity contribution in [2.75, 3.05) is 17.3 Å². The lowest BCUT2D eigenvalue weighted by Gasteiger charge is -2.35. The quantitative estimate of drug-likeness (QED) is 0.266. The lowest BCUT2D eigenvalue weighted by atomic mass is 9.99. The molecule has 0 heterocycles. The van der Waals surface area contributed by atoms with E-state index in [0.29, 0.717) is 29.0 Å². The average molecular weight is 578 g/mol. The van der Waals surface area contributed by atoms with Gasteiger partial charge in [0, 0.05) is 11.7 Å². The van der Waals surface area contributed by atoms with Gasteiger partial charge >= 0.3 is 6.09 Å². The van der Waals surface area contributed by atoms with Crippen LogP contribution < -0.4 is 10.6 Å². The Kier molecular flexibility index (Phi) is 9.48. The third-order valence-corrected chi connectivity index (χ3v) is 7.52. The Labute approximate surface area is 245 Å². The van der Waals surface area contributed by atoms with E-state index in [4.69, 9.17) is 4.74 Å². The maximum absolute atomic E-state index is 14.2. The van der Waals surface area contributed by atoms with Crippen molar-refractivity contribution in [1.82, 2.24) is 10.2 Å². The van der Waals surface area contributed by atoms with Gasteiger partial charge in [0.25, 0.3) is 5.91 Å². The number of phenols is 1. The Bertz CT molecular complexity index is 1420. The number of fused-ring (bicyclic) bond motifs is 1. The second-order valence-electron chi connectivity index (χ2n) is 11.5. The van der Waals surface area contributed by atoms with Gasteiger partial charge in [0.2, 0.25) is 5.91 Å². The third-order valence-electron chi connectivity index (χ3n) is 6.87. The fraction of sp³-hybridized carbons (Fsp3) is 0.406. The number of benzene rings is 3. The minimum absolute atomic E-state index is 0.108. The van der Waals surface area contributed by atoms with Crippen molar-refractivity contribution >= 4 is 46.1 Å². The lowest BCUT2D eigenvalue weighted by molar-refractivity contribution is -0.141. The molecule has 3 aromatic carbocycles. The zero-order chi connectivity index (χ0) is 29.7. The van der Waals surface area contributed by atoms with Crippen molar-refractivity contribution in [1.29, 1.82) is 0 Å². The molecule has 9 heteroatoms. The molecule has 8 nitrogen and oxygen atoms in total. The van der Waals surface area contributed by atoms with Gasteiger partial charge in [-0.05, 0) is 105 Å². The summed E-state index contributed by atoms with van der Waals surface area (Å²) in [6.07, 6.45) is 3.16. The maximum atomic E-state index is 14.2. The summed E-state index contributed by atoms with van der Waals surface area (Å²) in [6.45, 7) is 7.05. The molecule has 0 aliphatic heterocycles. The van der Waals surface area contributed by atoms with E-state index in [0.717, 1.165) is 23.6 Å². The second-order valence-corrected chi connectivity index (χ2v) is 12.4. The average Bonchev–Trinajstić information content (AvgIpc) is 3.75. The van der Waals surface area contributed by atoms with E-state index in [1.807, 2.05) is 48.7 Å². The van der Waals surface area contributed by atoms with Gasteiger partial charge in [-0.1, -0.05) is 36.4 Å². The van der Waals surface area contributed by atoms with Crippen molar-refractivity contribution in [2.45, 2.75) is 70.7 Å². The van der Waals surface area contributed by atoms with Crippen LogP contribution in [0.3, 0.4) is 0 Å². The fourth-order valence-corrected chi connectivity index (χ4v) is 5.23. The summed E-state index contributed by atoms with van der Waals surface area (Å²) in [6, 6.07) is 16.5. The molecule has 1 aliphatic rings.